The highest BCUT2D eigenvalue weighted by Crippen LogP contribution is 2.25. The largest absolute Gasteiger partial charge is 0.367 e. The molecule has 25 heavy (non-hydrogen) atoms. The van der Waals surface area contributed by atoms with Crippen LogP contribution in [0, 0.1) is 6.92 Å². The summed E-state index contributed by atoms with van der Waals surface area (Å²) in [7, 11) is 0. The molecule has 0 bridgehead atoms. The maximum absolute atomic E-state index is 13.1. The van der Waals surface area contributed by atoms with Crippen molar-refractivity contribution in [3.63, 3.8) is 0 Å². The van der Waals surface area contributed by atoms with E-state index in [1.807, 2.05) is 9.58 Å². The van der Waals surface area contributed by atoms with Crippen LogP contribution in [-0.2, 0) is 13.0 Å². The summed E-state index contributed by atoms with van der Waals surface area (Å²) in [6.45, 7) is 7.76. The third-order valence-electron chi connectivity index (χ3n) is 5.56. The second-order valence-corrected chi connectivity index (χ2v) is 7.27. The summed E-state index contributed by atoms with van der Waals surface area (Å²) in [5, 5.41) is 4.43. The highest BCUT2D eigenvalue weighted by Gasteiger charge is 2.31. The molecular formula is C20H26N4O. The number of rotatable bonds is 2. The third kappa shape index (κ3) is 2.92. The topological polar surface area (TPSA) is 41.4 Å². The maximum Gasteiger partial charge on any atom is 0.257 e. The van der Waals surface area contributed by atoms with Crippen LogP contribution < -0.4 is 4.90 Å². The van der Waals surface area contributed by atoms with Gasteiger partial charge in [0, 0.05) is 37.9 Å². The fourth-order valence-electron chi connectivity index (χ4n) is 4.15. The number of fused-ring (bicyclic) bond motifs is 1. The van der Waals surface area contributed by atoms with Crippen molar-refractivity contribution in [1.82, 2.24) is 14.7 Å². The number of amides is 1. The zero-order valence-corrected chi connectivity index (χ0v) is 15.1. The van der Waals surface area contributed by atoms with Gasteiger partial charge in [0.15, 0.2) is 0 Å². The van der Waals surface area contributed by atoms with Crippen molar-refractivity contribution in [2.24, 2.45) is 0 Å². The van der Waals surface area contributed by atoms with Crippen LogP contribution in [0.5, 0.6) is 0 Å². The van der Waals surface area contributed by atoms with Gasteiger partial charge in [-0.05, 0) is 44.7 Å². The molecule has 132 valence electrons. The summed E-state index contributed by atoms with van der Waals surface area (Å²) in [4.78, 5) is 17.5. The van der Waals surface area contributed by atoms with Crippen LogP contribution in [0.4, 0.5) is 5.69 Å². The van der Waals surface area contributed by atoms with Crippen LogP contribution in [0.25, 0.3) is 0 Å². The number of nitrogens with zero attached hydrogens (tertiary/aromatic N) is 4. The first-order valence-corrected chi connectivity index (χ1v) is 9.31. The smallest absolute Gasteiger partial charge is 0.257 e. The lowest BCUT2D eigenvalue weighted by Gasteiger charge is -2.41. The average Bonchev–Trinajstić information content (AvgIpc) is 3.05. The van der Waals surface area contributed by atoms with E-state index in [9.17, 15) is 4.79 Å². The average molecular weight is 338 g/mol. The minimum absolute atomic E-state index is 0.153. The molecule has 5 nitrogen and oxygen atoms in total. The Morgan fingerprint density at radius 2 is 2.00 bits per heavy atom. The lowest BCUT2D eigenvalue weighted by atomic mass is 10.0. The molecule has 5 heteroatoms. The minimum Gasteiger partial charge on any atom is -0.367 e. The summed E-state index contributed by atoms with van der Waals surface area (Å²) >= 11 is 0. The van der Waals surface area contributed by atoms with Gasteiger partial charge in [0.25, 0.3) is 5.91 Å². The van der Waals surface area contributed by atoms with E-state index in [4.69, 9.17) is 0 Å². The van der Waals surface area contributed by atoms with Gasteiger partial charge in [-0.3, -0.25) is 9.48 Å². The van der Waals surface area contributed by atoms with Crippen molar-refractivity contribution in [2.45, 2.75) is 45.7 Å². The lowest BCUT2D eigenvalue weighted by molar-refractivity contribution is 0.0672. The van der Waals surface area contributed by atoms with Gasteiger partial charge in [-0.1, -0.05) is 18.2 Å². The zero-order valence-electron chi connectivity index (χ0n) is 15.1. The van der Waals surface area contributed by atoms with Crippen LogP contribution in [0.1, 0.15) is 41.4 Å². The molecule has 1 fully saturated rings. The van der Waals surface area contributed by atoms with E-state index in [1.165, 1.54) is 11.3 Å². The summed E-state index contributed by atoms with van der Waals surface area (Å²) in [6.07, 6.45) is 5.07. The number of carbonyl (C=O) groups excluding carboxylic acids is 1. The first-order chi connectivity index (χ1) is 12.1. The van der Waals surface area contributed by atoms with Gasteiger partial charge in [-0.15, -0.1) is 0 Å². The highest BCUT2D eigenvalue weighted by molar-refractivity contribution is 5.95. The van der Waals surface area contributed by atoms with E-state index >= 15 is 0 Å². The fraction of sp³-hybridized carbons (Fsp3) is 0.500. The number of hydrogen-bond donors (Lipinski definition) is 0. The van der Waals surface area contributed by atoms with E-state index in [1.54, 1.807) is 6.20 Å². The molecule has 0 spiro atoms. The summed E-state index contributed by atoms with van der Waals surface area (Å²) in [5.41, 5.74) is 4.52. The van der Waals surface area contributed by atoms with E-state index in [0.717, 1.165) is 56.7 Å². The third-order valence-corrected chi connectivity index (χ3v) is 5.56. The van der Waals surface area contributed by atoms with E-state index in [-0.39, 0.29) is 11.9 Å². The lowest BCUT2D eigenvalue weighted by Crippen LogP contribution is -2.54. The summed E-state index contributed by atoms with van der Waals surface area (Å²) < 4.78 is 2.02. The van der Waals surface area contributed by atoms with Gasteiger partial charge in [-0.25, -0.2) is 0 Å². The Labute approximate surface area is 149 Å². The van der Waals surface area contributed by atoms with Crippen LogP contribution in [0.2, 0.25) is 0 Å². The van der Waals surface area contributed by atoms with Crippen molar-refractivity contribution in [3.05, 3.63) is 47.3 Å². The standard InChI is InChI=1S/C20H26N4O/c1-15-7-3-4-8-18(15)22-11-12-23(16(2)14-22)20(25)17-13-21-24-10-6-5-9-19(17)24/h3-4,7-8,13,16H,5-6,9-12,14H2,1-2H3/t16-/m0/s1. The molecule has 1 atom stereocenters. The fourth-order valence-corrected chi connectivity index (χ4v) is 4.15. The van der Waals surface area contributed by atoms with Gasteiger partial charge in [0.1, 0.15) is 0 Å². The molecule has 2 aliphatic heterocycles. The predicted molar refractivity (Wildman–Crippen MR) is 99.1 cm³/mol. The number of para-hydroxylation sites is 1. The van der Waals surface area contributed by atoms with Gasteiger partial charge < -0.3 is 9.80 Å². The summed E-state index contributed by atoms with van der Waals surface area (Å²) in [6, 6.07) is 8.68. The molecule has 1 aromatic heterocycles. The SMILES string of the molecule is Cc1ccccc1N1CCN(C(=O)c2cnn3c2CCCC3)[C@@H](C)C1. The van der Waals surface area contributed by atoms with Gasteiger partial charge in [0.05, 0.1) is 17.5 Å². The van der Waals surface area contributed by atoms with Crippen molar-refractivity contribution in [3.8, 4) is 0 Å². The molecule has 3 heterocycles. The van der Waals surface area contributed by atoms with Crippen LogP contribution in [0.3, 0.4) is 0 Å². The molecule has 1 aromatic carbocycles. The van der Waals surface area contributed by atoms with Crippen molar-refractivity contribution < 1.29 is 4.79 Å². The first-order valence-electron chi connectivity index (χ1n) is 9.31. The normalized spacial score (nSPS) is 20.5. The van der Waals surface area contributed by atoms with Gasteiger partial charge in [-0.2, -0.15) is 5.10 Å². The molecule has 0 saturated carbocycles. The van der Waals surface area contributed by atoms with Crippen LogP contribution in [0.15, 0.2) is 30.5 Å². The second kappa shape index (κ2) is 6.54. The zero-order chi connectivity index (χ0) is 17.4. The highest BCUT2D eigenvalue weighted by atomic mass is 16.2. The van der Waals surface area contributed by atoms with Crippen LogP contribution >= 0.6 is 0 Å². The quantitative estimate of drug-likeness (QED) is 0.845. The maximum atomic E-state index is 13.1. The summed E-state index contributed by atoms with van der Waals surface area (Å²) in [5.74, 6) is 0.153. The molecule has 2 aliphatic rings. The molecule has 2 aromatic rings. The van der Waals surface area contributed by atoms with E-state index in [0.29, 0.717) is 0 Å². The number of aryl methyl sites for hydroxylation is 2. The Balaban J connectivity index is 1.51. The number of aromatic nitrogens is 2. The number of anilines is 1. The van der Waals surface area contributed by atoms with Crippen LogP contribution in [-0.4, -0.2) is 46.3 Å². The van der Waals surface area contributed by atoms with Crippen molar-refractivity contribution in [2.75, 3.05) is 24.5 Å². The monoisotopic (exact) mass is 338 g/mol. The Hall–Kier alpha value is -2.30. The Morgan fingerprint density at radius 3 is 2.80 bits per heavy atom. The number of piperazine rings is 1. The molecule has 0 unspecified atom stereocenters. The minimum atomic E-state index is 0.153. The molecule has 0 radical (unpaired) electrons. The number of hydrogen-bond acceptors (Lipinski definition) is 3. The number of benzene rings is 1. The van der Waals surface area contributed by atoms with Crippen molar-refractivity contribution in [1.29, 1.82) is 0 Å². The van der Waals surface area contributed by atoms with Gasteiger partial charge in [0.2, 0.25) is 0 Å². The Morgan fingerprint density at radius 1 is 1.16 bits per heavy atom. The number of carbonyl (C=O) groups is 1. The van der Waals surface area contributed by atoms with E-state index < -0.39 is 0 Å². The molecular weight excluding hydrogens is 312 g/mol. The molecule has 0 N–H and O–H groups in total. The Bertz CT molecular complexity index is 782. The Kier molecular flexibility index (Phi) is 4.24. The molecule has 0 aliphatic carbocycles. The molecule has 1 saturated heterocycles. The van der Waals surface area contributed by atoms with Crippen molar-refractivity contribution >= 4 is 11.6 Å². The van der Waals surface area contributed by atoms with Gasteiger partial charge >= 0.3 is 0 Å². The van der Waals surface area contributed by atoms with E-state index in [2.05, 4.69) is 48.1 Å². The molecule has 4 rings (SSSR count). The predicted octanol–water partition coefficient (Wildman–Crippen LogP) is 2.88. The first kappa shape index (κ1) is 16.2. The molecule has 1 amide bonds. The second-order valence-electron chi connectivity index (χ2n) is 7.27.